The lowest BCUT2D eigenvalue weighted by Gasteiger charge is -2.17. The Hall–Kier alpha value is -7.05. The number of para-hydroxylation sites is 1. The number of benzene rings is 9. The molecule has 284 valence electrons. The minimum Gasteiger partial charge on any atom is -0.290 e. The van der Waals surface area contributed by atoms with Crippen molar-refractivity contribution in [2.75, 3.05) is 0 Å². The molecule has 1 aliphatic carbocycles. The van der Waals surface area contributed by atoms with Crippen molar-refractivity contribution in [2.45, 2.75) is 16.2 Å². The highest BCUT2D eigenvalue weighted by Crippen LogP contribution is 2.52. The second-order valence-electron chi connectivity index (χ2n) is 16.3. The van der Waals surface area contributed by atoms with Crippen molar-refractivity contribution in [2.24, 2.45) is 0 Å². The van der Waals surface area contributed by atoms with Crippen molar-refractivity contribution < 1.29 is 0 Å². The van der Waals surface area contributed by atoms with Gasteiger partial charge in [0.25, 0.3) is 0 Å². The second kappa shape index (κ2) is 12.7. The molecular weight excluding hydrogens is 779 g/mol. The number of nitrogens with zero attached hydrogens (tertiary/aromatic N) is 3. The average molecular weight is 812 g/mol. The van der Waals surface area contributed by atoms with Crippen molar-refractivity contribution in [1.29, 1.82) is 0 Å². The minimum atomic E-state index is 0.184. The van der Waals surface area contributed by atoms with Gasteiger partial charge in [-0.3, -0.25) is 4.57 Å². The van der Waals surface area contributed by atoms with Crippen molar-refractivity contribution in [3.05, 3.63) is 194 Å². The van der Waals surface area contributed by atoms with Crippen LogP contribution in [0.25, 0.3) is 113 Å². The number of rotatable bonds is 3. The van der Waals surface area contributed by atoms with Crippen LogP contribution < -0.4 is 0 Å². The van der Waals surface area contributed by atoms with Gasteiger partial charge in [-0.05, 0) is 78.5 Å². The van der Waals surface area contributed by atoms with Gasteiger partial charge in [0.15, 0.2) is 5.82 Å². The number of thiophene rings is 1. The first-order valence-electron chi connectivity index (χ1n) is 20.9. The van der Waals surface area contributed by atoms with Crippen molar-refractivity contribution >= 4 is 108 Å². The molecule has 3 aromatic heterocycles. The van der Waals surface area contributed by atoms with Gasteiger partial charge in [-0.25, -0.2) is 9.97 Å². The van der Waals surface area contributed by atoms with E-state index >= 15 is 0 Å². The summed E-state index contributed by atoms with van der Waals surface area (Å²) < 4.78 is 5.00. The van der Waals surface area contributed by atoms with E-state index in [1.807, 2.05) is 23.1 Å². The summed E-state index contributed by atoms with van der Waals surface area (Å²) in [6.45, 7) is 0. The molecule has 4 heterocycles. The summed E-state index contributed by atoms with van der Waals surface area (Å²) >= 11 is 3.73. The lowest BCUT2D eigenvalue weighted by atomic mass is 9.91. The van der Waals surface area contributed by atoms with Gasteiger partial charge in [0, 0.05) is 43.0 Å². The predicted octanol–water partition coefficient (Wildman–Crippen LogP) is 15.6. The fourth-order valence-electron chi connectivity index (χ4n) is 10.4. The van der Waals surface area contributed by atoms with Crippen LogP contribution in [0, 0.1) is 0 Å². The first-order valence-corrected chi connectivity index (χ1v) is 22.6. The molecule has 5 heteroatoms. The molecule has 0 bridgehead atoms. The maximum Gasteiger partial charge on any atom is 0.164 e. The number of aromatic nitrogens is 3. The molecule has 0 saturated heterocycles. The topological polar surface area (TPSA) is 30.7 Å². The standard InChI is InChI=1S/C56H33N3S2/c1-2-14-32(15-3-1)51-55(57-52-43-23-11-13-25-46(43)61-56(52)58-51)59-45-24-12-10-22-42(45)48-40-20-8-9-21-41(40)50-49-37-28-26-35(30-34(37)27-29-47(49)60-54(50)53(48)59)44-31-33-16-4-5-17-36(33)38-18-6-7-19-39(38)44/h1-31,43,46H. The summed E-state index contributed by atoms with van der Waals surface area (Å²) in [7, 11) is 0. The number of hydrogen-bond donors (Lipinski definition) is 0. The largest absolute Gasteiger partial charge is 0.290 e. The van der Waals surface area contributed by atoms with Gasteiger partial charge in [-0.1, -0.05) is 176 Å². The highest BCUT2D eigenvalue weighted by atomic mass is 32.2. The summed E-state index contributed by atoms with van der Waals surface area (Å²) in [5.74, 6) is 1.06. The Morgan fingerprint density at radius 2 is 1.20 bits per heavy atom. The maximum absolute atomic E-state index is 5.73. The van der Waals surface area contributed by atoms with E-state index in [4.69, 9.17) is 9.97 Å². The molecule has 0 saturated carbocycles. The van der Waals surface area contributed by atoms with Crippen molar-refractivity contribution in [3.63, 3.8) is 0 Å². The fourth-order valence-corrected chi connectivity index (χ4v) is 12.9. The molecule has 12 aromatic rings. The third-order valence-corrected chi connectivity index (χ3v) is 15.5. The molecule has 0 radical (unpaired) electrons. The Morgan fingerprint density at radius 3 is 2.07 bits per heavy atom. The molecule has 2 unspecified atom stereocenters. The lowest BCUT2D eigenvalue weighted by Crippen LogP contribution is -2.11. The zero-order valence-electron chi connectivity index (χ0n) is 32.7. The van der Waals surface area contributed by atoms with E-state index in [0.717, 1.165) is 33.3 Å². The molecule has 3 nitrogen and oxygen atoms in total. The summed E-state index contributed by atoms with van der Waals surface area (Å²) in [5.41, 5.74) is 7.85. The van der Waals surface area contributed by atoms with E-state index in [0.29, 0.717) is 5.25 Å². The van der Waals surface area contributed by atoms with Gasteiger partial charge in [0.2, 0.25) is 0 Å². The Kier molecular flexibility index (Phi) is 7.04. The predicted molar refractivity (Wildman–Crippen MR) is 261 cm³/mol. The van der Waals surface area contributed by atoms with E-state index in [-0.39, 0.29) is 5.92 Å². The van der Waals surface area contributed by atoms with Crippen LogP contribution in [-0.4, -0.2) is 19.8 Å². The van der Waals surface area contributed by atoms with Crippen LogP contribution in [0.2, 0.25) is 0 Å². The molecule has 2 atom stereocenters. The van der Waals surface area contributed by atoms with E-state index in [1.54, 1.807) is 0 Å². The van der Waals surface area contributed by atoms with Crippen LogP contribution in [0.3, 0.4) is 0 Å². The maximum atomic E-state index is 5.73. The highest BCUT2D eigenvalue weighted by molar-refractivity contribution is 8.00. The third-order valence-electron chi connectivity index (χ3n) is 13.1. The number of thioether (sulfide) groups is 1. The van der Waals surface area contributed by atoms with Crippen LogP contribution in [0.15, 0.2) is 193 Å². The average Bonchev–Trinajstić information content (AvgIpc) is 4.01. The van der Waals surface area contributed by atoms with Crippen LogP contribution >= 0.6 is 23.1 Å². The zero-order valence-corrected chi connectivity index (χ0v) is 34.3. The quantitative estimate of drug-likeness (QED) is 0.167. The molecule has 2 aliphatic rings. The molecule has 0 N–H and O–H groups in total. The fraction of sp³-hybridized carbons (Fsp3) is 0.0357. The first-order chi connectivity index (χ1) is 30.3. The molecule has 61 heavy (non-hydrogen) atoms. The van der Waals surface area contributed by atoms with Gasteiger partial charge >= 0.3 is 0 Å². The Balaban J connectivity index is 1.09. The molecule has 0 amide bonds. The minimum absolute atomic E-state index is 0.184. The van der Waals surface area contributed by atoms with E-state index in [2.05, 4.69) is 193 Å². The lowest BCUT2D eigenvalue weighted by molar-refractivity contribution is 0.806. The van der Waals surface area contributed by atoms with Gasteiger partial charge in [-0.2, -0.15) is 0 Å². The third kappa shape index (κ3) is 4.76. The molecule has 0 fully saturated rings. The Bertz CT molecular complexity index is 3930. The van der Waals surface area contributed by atoms with Crippen LogP contribution in [0.1, 0.15) is 11.6 Å². The van der Waals surface area contributed by atoms with Gasteiger partial charge in [0.05, 0.1) is 21.4 Å². The van der Waals surface area contributed by atoms with Crippen molar-refractivity contribution in [1.82, 2.24) is 14.5 Å². The highest BCUT2D eigenvalue weighted by Gasteiger charge is 2.36. The Morgan fingerprint density at radius 1 is 0.492 bits per heavy atom. The Labute approximate surface area is 358 Å². The van der Waals surface area contributed by atoms with Gasteiger partial charge in [0.1, 0.15) is 10.7 Å². The second-order valence-corrected chi connectivity index (χ2v) is 18.5. The van der Waals surface area contributed by atoms with E-state index < -0.39 is 0 Å². The summed E-state index contributed by atoms with van der Waals surface area (Å²) in [5, 5.41) is 16.6. The van der Waals surface area contributed by atoms with Crippen LogP contribution in [0.4, 0.5) is 0 Å². The smallest absolute Gasteiger partial charge is 0.164 e. The van der Waals surface area contributed by atoms with Crippen LogP contribution in [-0.2, 0) is 0 Å². The van der Waals surface area contributed by atoms with Crippen molar-refractivity contribution in [3.8, 4) is 28.2 Å². The summed E-state index contributed by atoms with van der Waals surface area (Å²) in [4.78, 5) is 11.3. The summed E-state index contributed by atoms with van der Waals surface area (Å²) in [6, 6.07) is 60.3. The number of fused-ring (bicyclic) bond motifs is 18. The first kappa shape index (κ1) is 33.7. The van der Waals surface area contributed by atoms with Gasteiger partial charge in [-0.15, -0.1) is 11.3 Å². The molecule has 14 rings (SSSR count). The van der Waals surface area contributed by atoms with Crippen LogP contribution in [0.5, 0.6) is 0 Å². The number of hydrogen-bond acceptors (Lipinski definition) is 4. The normalized spacial score (nSPS) is 16.0. The molecular formula is C56H33N3S2. The number of allylic oxidation sites excluding steroid dienone is 3. The van der Waals surface area contributed by atoms with E-state index in [1.165, 1.54) is 90.7 Å². The summed E-state index contributed by atoms with van der Waals surface area (Å²) in [6.07, 6.45) is 8.91. The van der Waals surface area contributed by atoms with E-state index in [9.17, 15) is 0 Å². The zero-order chi connectivity index (χ0) is 39.8. The molecule has 0 spiro atoms. The SMILES string of the molecule is C1=CC2Sc3nc(-c4ccccc4)c(-n4c5ccccc5c5c6ccccc6c6c(sc7ccc8cc(-c9cc%10ccccc%10c%10ccccc9%10)ccc8c76)c54)nc3C2C=C1. The monoisotopic (exact) mass is 811 g/mol. The molecule has 9 aromatic carbocycles. The molecule has 1 aliphatic heterocycles. The van der Waals surface area contributed by atoms with Gasteiger partial charge < -0.3 is 0 Å².